The number of fused-ring (bicyclic) bond motifs is 3. The number of aliphatic hydroxyl groups is 3. The standard InChI is InChI=1S/C23H27N3O7/c1-25(2)12-5-6-13(27)15-10(12)7-9-8-11-17(26(3)4)19(29)16(22(24)32)21(31)23(11,33)20(30)14(9)18(15)28/h5-6,9,11,17,27-28,31,33H,7-8H2,1-4H3,(H2,24,32)/t9-,11-,17+,23-/m0/s1. The Kier molecular flexibility index (Phi) is 5.06. The summed E-state index contributed by atoms with van der Waals surface area (Å²) in [4.78, 5) is 42.0. The number of benzene rings is 1. The van der Waals surface area contributed by atoms with Gasteiger partial charge in [0.05, 0.1) is 11.6 Å². The predicted molar refractivity (Wildman–Crippen MR) is 119 cm³/mol. The van der Waals surface area contributed by atoms with Crippen molar-refractivity contribution >= 4 is 28.9 Å². The molecule has 0 aromatic heterocycles. The molecule has 1 amide bonds. The molecule has 33 heavy (non-hydrogen) atoms. The van der Waals surface area contributed by atoms with Crippen molar-refractivity contribution < 1.29 is 34.8 Å². The molecule has 0 bridgehead atoms. The van der Waals surface area contributed by atoms with Crippen molar-refractivity contribution in [2.75, 3.05) is 33.1 Å². The number of amides is 1. The molecule has 10 nitrogen and oxygen atoms in total. The van der Waals surface area contributed by atoms with E-state index in [1.807, 2.05) is 19.0 Å². The van der Waals surface area contributed by atoms with Crippen LogP contribution in [0.25, 0.3) is 5.76 Å². The summed E-state index contributed by atoms with van der Waals surface area (Å²) < 4.78 is 0. The summed E-state index contributed by atoms with van der Waals surface area (Å²) in [6.07, 6.45) is 0.324. The Bertz CT molecular complexity index is 1170. The third kappa shape index (κ3) is 2.90. The molecular weight excluding hydrogens is 430 g/mol. The predicted octanol–water partition coefficient (Wildman–Crippen LogP) is 0.0300. The molecule has 1 aromatic rings. The molecule has 0 aliphatic heterocycles. The second kappa shape index (κ2) is 7.32. The molecule has 1 fully saturated rings. The molecule has 10 heteroatoms. The molecule has 0 unspecified atom stereocenters. The Morgan fingerprint density at radius 3 is 2.30 bits per heavy atom. The quantitative estimate of drug-likeness (QED) is 0.394. The van der Waals surface area contributed by atoms with Gasteiger partial charge in [-0.3, -0.25) is 19.3 Å². The summed E-state index contributed by atoms with van der Waals surface area (Å²) >= 11 is 0. The molecule has 0 saturated heterocycles. The average Bonchev–Trinajstić information content (AvgIpc) is 2.70. The summed E-state index contributed by atoms with van der Waals surface area (Å²) in [6, 6.07) is 2.01. The van der Waals surface area contributed by atoms with E-state index in [-0.39, 0.29) is 29.7 Å². The Morgan fingerprint density at radius 2 is 1.76 bits per heavy atom. The number of nitrogens with two attached hydrogens (primary N) is 1. The highest BCUT2D eigenvalue weighted by Crippen LogP contribution is 2.53. The fourth-order valence-corrected chi connectivity index (χ4v) is 5.65. The van der Waals surface area contributed by atoms with Gasteiger partial charge in [-0.2, -0.15) is 0 Å². The number of anilines is 1. The number of phenolic OH excluding ortho intramolecular Hbond substituents is 1. The van der Waals surface area contributed by atoms with Crippen molar-refractivity contribution in [3.8, 4) is 5.75 Å². The number of phenols is 1. The fraction of sp³-hybridized carbons (Fsp3) is 0.435. The molecule has 3 aliphatic carbocycles. The van der Waals surface area contributed by atoms with E-state index in [0.717, 1.165) is 5.69 Å². The van der Waals surface area contributed by atoms with Crippen molar-refractivity contribution in [2.24, 2.45) is 17.6 Å². The minimum Gasteiger partial charge on any atom is -0.508 e. The number of aliphatic hydroxyl groups excluding tert-OH is 2. The Balaban J connectivity index is 1.99. The number of hydrogen-bond acceptors (Lipinski definition) is 9. The van der Waals surface area contributed by atoms with Gasteiger partial charge in [-0.05, 0) is 50.6 Å². The first-order chi connectivity index (χ1) is 15.3. The maximum Gasteiger partial charge on any atom is 0.255 e. The Morgan fingerprint density at radius 1 is 1.12 bits per heavy atom. The minimum absolute atomic E-state index is 0.0638. The van der Waals surface area contributed by atoms with Crippen LogP contribution in [0.15, 0.2) is 29.0 Å². The third-order valence-electron chi connectivity index (χ3n) is 7.06. The topological polar surface area (TPSA) is 165 Å². The van der Waals surface area contributed by atoms with Crippen molar-refractivity contribution in [2.45, 2.75) is 24.5 Å². The van der Waals surface area contributed by atoms with Crippen LogP contribution in [-0.4, -0.2) is 82.6 Å². The highest BCUT2D eigenvalue weighted by atomic mass is 16.3. The number of carbonyl (C=O) groups excluding carboxylic acids is 3. The molecule has 0 spiro atoms. The van der Waals surface area contributed by atoms with E-state index in [1.54, 1.807) is 20.2 Å². The van der Waals surface area contributed by atoms with Crippen LogP contribution in [0.2, 0.25) is 0 Å². The number of hydrogen-bond donors (Lipinski definition) is 5. The van der Waals surface area contributed by atoms with Crippen molar-refractivity contribution in [1.29, 1.82) is 0 Å². The number of primary amides is 1. The van der Waals surface area contributed by atoms with Gasteiger partial charge in [0, 0.05) is 31.3 Å². The third-order valence-corrected chi connectivity index (χ3v) is 7.06. The number of ketones is 2. The van der Waals surface area contributed by atoms with Crippen LogP contribution in [0.5, 0.6) is 5.75 Å². The van der Waals surface area contributed by atoms with Crippen molar-refractivity contribution in [3.05, 3.63) is 40.2 Å². The summed E-state index contributed by atoms with van der Waals surface area (Å²) in [5, 5.41) is 43.9. The van der Waals surface area contributed by atoms with Crippen LogP contribution in [0.3, 0.4) is 0 Å². The highest BCUT2D eigenvalue weighted by Gasteiger charge is 2.64. The summed E-state index contributed by atoms with van der Waals surface area (Å²) in [5.41, 5.74) is 3.15. The van der Waals surface area contributed by atoms with Gasteiger partial charge in [-0.25, -0.2) is 0 Å². The monoisotopic (exact) mass is 457 g/mol. The molecule has 1 aromatic carbocycles. The summed E-state index contributed by atoms with van der Waals surface area (Å²) in [7, 11) is 6.75. The van der Waals surface area contributed by atoms with E-state index in [0.29, 0.717) is 5.56 Å². The molecule has 176 valence electrons. The lowest BCUT2D eigenvalue weighted by Gasteiger charge is -2.50. The van der Waals surface area contributed by atoms with Gasteiger partial charge in [0.15, 0.2) is 11.4 Å². The van der Waals surface area contributed by atoms with Crippen LogP contribution >= 0.6 is 0 Å². The van der Waals surface area contributed by atoms with Crippen LogP contribution in [0.4, 0.5) is 5.69 Å². The lowest BCUT2D eigenvalue weighted by Crippen LogP contribution is -2.65. The smallest absolute Gasteiger partial charge is 0.255 e. The first kappa shape index (κ1) is 22.8. The molecule has 0 radical (unpaired) electrons. The zero-order valence-corrected chi connectivity index (χ0v) is 18.8. The lowest BCUT2D eigenvalue weighted by molar-refractivity contribution is -0.153. The second-order valence-electron chi connectivity index (χ2n) is 9.31. The maximum absolute atomic E-state index is 13.7. The van der Waals surface area contributed by atoms with Gasteiger partial charge < -0.3 is 31.1 Å². The maximum atomic E-state index is 13.7. The minimum atomic E-state index is -2.63. The molecule has 3 aliphatic rings. The molecule has 4 atom stereocenters. The van der Waals surface area contributed by atoms with Gasteiger partial charge in [-0.15, -0.1) is 0 Å². The molecule has 1 saturated carbocycles. The van der Waals surface area contributed by atoms with Gasteiger partial charge >= 0.3 is 0 Å². The molecule has 4 rings (SSSR count). The highest BCUT2D eigenvalue weighted by molar-refractivity contribution is 6.24. The number of rotatable bonds is 3. The zero-order chi connectivity index (χ0) is 24.6. The van der Waals surface area contributed by atoms with E-state index in [2.05, 4.69) is 0 Å². The second-order valence-corrected chi connectivity index (χ2v) is 9.31. The van der Waals surface area contributed by atoms with Gasteiger partial charge in [0.25, 0.3) is 5.91 Å². The van der Waals surface area contributed by atoms with E-state index >= 15 is 0 Å². The van der Waals surface area contributed by atoms with E-state index in [1.165, 1.54) is 11.0 Å². The van der Waals surface area contributed by atoms with Crippen LogP contribution < -0.4 is 10.6 Å². The first-order valence-electron chi connectivity index (χ1n) is 10.5. The van der Waals surface area contributed by atoms with Gasteiger partial charge in [0.2, 0.25) is 5.78 Å². The number of Topliss-reactive ketones (excluding diaryl/α,β-unsaturated/α-hetero) is 2. The van der Waals surface area contributed by atoms with Crippen molar-refractivity contribution in [3.63, 3.8) is 0 Å². The van der Waals surface area contributed by atoms with E-state index in [9.17, 15) is 34.8 Å². The largest absolute Gasteiger partial charge is 0.508 e. The lowest BCUT2D eigenvalue weighted by atomic mass is 9.57. The number of likely N-dealkylation sites (N-methyl/N-ethyl adjacent to an activating group) is 1. The van der Waals surface area contributed by atoms with Gasteiger partial charge in [-0.1, -0.05) is 0 Å². The van der Waals surface area contributed by atoms with Crippen LogP contribution in [-0.2, 0) is 20.8 Å². The van der Waals surface area contributed by atoms with Crippen LogP contribution in [0, 0.1) is 11.8 Å². The molecule has 6 N–H and O–H groups in total. The Hall–Kier alpha value is -3.37. The average molecular weight is 457 g/mol. The summed E-state index contributed by atoms with van der Waals surface area (Å²) in [5.74, 6) is -6.54. The Labute approximate surface area is 190 Å². The van der Waals surface area contributed by atoms with E-state index in [4.69, 9.17) is 5.73 Å². The number of aromatic hydroxyl groups is 1. The SMILES string of the molecule is CN(C)c1ccc(O)c2c1C[C@H]1C[C@H]3[C@@H](N(C)C)C(=O)C(C(N)=O)=C(O)[C@@]3(O)C(=O)C1=C2O. The van der Waals surface area contributed by atoms with E-state index < -0.39 is 58.0 Å². The number of nitrogens with zero attached hydrogens (tertiary/aromatic N) is 2. The van der Waals surface area contributed by atoms with Crippen molar-refractivity contribution in [1.82, 2.24) is 4.90 Å². The zero-order valence-electron chi connectivity index (χ0n) is 18.8. The number of carbonyl (C=O) groups is 3. The molecule has 0 heterocycles. The normalized spacial score (nSPS) is 29.1. The van der Waals surface area contributed by atoms with Gasteiger partial charge in [0.1, 0.15) is 22.8 Å². The first-order valence-corrected chi connectivity index (χ1v) is 10.5. The molecular formula is C23H27N3O7. The summed E-state index contributed by atoms with van der Waals surface area (Å²) in [6.45, 7) is 0. The fourth-order valence-electron chi connectivity index (χ4n) is 5.65. The van der Waals surface area contributed by atoms with Crippen LogP contribution in [0.1, 0.15) is 17.5 Å².